The molecule has 0 unspecified atom stereocenters. The van der Waals surface area contributed by atoms with Crippen LogP contribution >= 0.6 is 11.6 Å². The fourth-order valence-electron chi connectivity index (χ4n) is 1.31. The molecule has 0 aromatic heterocycles. The number of anilines is 1. The zero-order valence-corrected chi connectivity index (χ0v) is 11.4. The summed E-state index contributed by atoms with van der Waals surface area (Å²) in [6.07, 6.45) is 0.371. The SMILES string of the molecule is COc1cc(C#N)ccc1NS(=O)(=O)CCCCl. The summed E-state index contributed by atoms with van der Waals surface area (Å²) in [6.45, 7) is 0. The Morgan fingerprint density at radius 1 is 1.50 bits per heavy atom. The minimum atomic E-state index is -3.45. The molecule has 0 saturated heterocycles. The van der Waals surface area contributed by atoms with Crippen molar-refractivity contribution in [1.82, 2.24) is 0 Å². The molecular formula is C11H13ClN2O3S. The van der Waals surface area contributed by atoms with Gasteiger partial charge in [0, 0.05) is 11.9 Å². The fraction of sp³-hybridized carbons (Fsp3) is 0.364. The number of hydrogen-bond acceptors (Lipinski definition) is 4. The predicted octanol–water partition coefficient (Wildman–Crippen LogP) is 1.94. The average Bonchev–Trinajstić information content (AvgIpc) is 2.36. The monoisotopic (exact) mass is 288 g/mol. The molecule has 0 amide bonds. The van der Waals surface area contributed by atoms with E-state index in [0.29, 0.717) is 23.4 Å². The van der Waals surface area contributed by atoms with Crippen molar-refractivity contribution in [1.29, 1.82) is 5.26 Å². The number of sulfonamides is 1. The second kappa shape index (κ2) is 6.47. The van der Waals surface area contributed by atoms with Crippen molar-refractivity contribution in [3.05, 3.63) is 23.8 Å². The van der Waals surface area contributed by atoms with E-state index in [9.17, 15) is 8.42 Å². The first-order valence-corrected chi connectivity index (χ1v) is 7.35. The first-order valence-electron chi connectivity index (χ1n) is 5.17. The summed E-state index contributed by atoms with van der Waals surface area (Å²) in [7, 11) is -2.04. The largest absolute Gasteiger partial charge is 0.495 e. The molecule has 1 aromatic carbocycles. The van der Waals surface area contributed by atoms with E-state index in [1.807, 2.05) is 6.07 Å². The Morgan fingerprint density at radius 2 is 2.22 bits per heavy atom. The molecule has 0 aliphatic rings. The molecule has 7 heteroatoms. The van der Waals surface area contributed by atoms with Crippen molar-refractivity contribution in [3.8, 4) is 11.8 Å². The Morgan fingerprint density at radius 3 is 2.78 bits per heavy atom. The molecule has 0 aliphatic heterocycles. The van der Waals surface area contributed by atoms with Crippen molar-refractivity contribution >= 4 is 27.3 Å². The van der Waals surface area contributed by atoms with Gasteiger partial charge in [-0.2, -0.15) is 5.26 Å². The average molecular weight is 289 g/mol. The Labute approximate surface area is 111 Å². The molecular weight excluding hydrogens is 276 g/mol. The van der Waals surface area contributed by atoms with Crippen LogP contribution in [0.5, 0.6) is 5.75 Å². The van der Waals surface area contributed by atoms with Crippen LogP contribution in [0.4, 0.5) is 5.69 Å². The number of halogens is 1. The normalized spacial score (nSPS) is 10.7. The lowest BCUT2D eigenvalue weighted by Crippen LogP contribution is -2.17. The number of methoxy groups -OCH3 is 1. The van der Waals surface area contributed by atoms with E-state index >= 15 is 0 Å². The van der Waals surface area contributed by atoms with Crippen molar-refractivity contribution in [3.63, 3.8) is 0 Å². The van der Waals surface area contributed by atoms with Gasteiger partial charge in [-0.3, -0.25) is 4.72 Å². The number of nitriles is 1. The maximum atomic E-state index is 11.7. The van der Waals surface area contributed by atoms with Gasteiger partial charge < -0.3 is 4.74 Å². The Kier molecular flexibility index (Phi) is 5.25. The number of nitrogens with one attached hydrogen (secondary N) is 1. The molecule has 0 fully saturated rings. The van der Waals surface area contributed by atoms with Gasteiger partial charge in [-0.25, -0.2) is 8.42 Å². The summed E-state index contributed by atoms with van der Waals surface area (Å²) in [6, 6.07) is 6.43. The van der Waals surface area contributed by atoms with Gasteiger partial charge >= 0.3 is 0 Å². The van der Waals surface area contributed by atoms with Gasteiger partial charge in [0.25, 0.3) is 0 Å². The lowest BCUT2D eigenvalue weighted by molar-refractivity contribution is 0.416. The molecule has 98 valence electrons. The van der Waals surface area contributed by atoms with Gasteiger partial charge in [-0.05, 0) is 18.6 Å². The molecule has 0 atom stereocenters. The van der Waals surface area contributed by atoms with Crippen LogP contribution < -0.4 is 9.46 Å². The van der Waals surface area contributed by atoms with E-state index in [2.05, 4.69) is 4.72 Å². The minimum Gasteiger partial charge on any atom is -0.495 e. The van der Waals surface area contributed by atoms with Crippen LogP contribution in [0.25, 0.3) is 0 Å². The van der Waals surface area contributed by atoms with Crippen molar-refractivity contribution in [2.75, 3.05) is 23.5 Å². The van der Waals surface area contributed by atoms with E-state index in [4.69, 9.17) is 21.6 Å². The number of nitrogens with zero attached hydrogens (tertiary/aromatic N) is 1. The molecule has 0 aliphatic carbocycles. The molecule has 0 bridgehead atoms. The lowest BCUT2D eigenvalue weighted by atomic mass is 10.2. The molecule has 0 saturated carbocycles. The van der Waals surface area contributed by atoms with Gasteiger partial charge in [-0.1, -0.05) is 0 Å². The highest BCUT2D eigenvalue weighted by Gasteiger charge is 2.13. The first kappa shape index (κ1) is 14.6. The molecule has 5 nitrogen and oxygen atoms in total. The van der Waals surface area contributed by atoms with Crippen LogP contribution in [0, 0.1) is 11.3 Å². The number of ether oxygens (including phenoxy) is 1. The summed E-state index contributed by atoms with van der Waals surface area (Å²) in [5, 5.41) is 8.74. The zero-order valence-electron chi connectivity index (χ0n) is 9.81. The topological polar surface area (TPSA) is 79.2 Å². The standard InChI is InChI=1S/C11H13ClN2O3S/c1-17-11-7-9(8-13)3-4-10(11)14-18(15,16)6-2-5-12/h3-4,7,14H,2,5-6H2,1H3. The van der Waals surface area contributed by atoms with Crippen molar-refractivity contribution in [2.45, 2.75) is 6.42 Å². The summed E-state index contributed by atoms with van der Waals surface area (Å²) >= 11 is 5.46. The third kappa shape index (κ3) is 4.09. The highest BCUT2D eigenvalue weighted by atomic mass is 35.5. The van der Waals surface area contributed by atoms with Crippen LogP contribution in [0.15, 0.2) is 18.2 Å². The third-order valence-corrected chi connectivity index (χ3v) is 3.77. The third-order valence-electron chi connectivity index (χ3n) is 2.14. The Hall–Kier alpha value is -1.45. The van der Waals surface area contributed by atoms with E-state index in [0.717, 1.165) is 0 Å². The maximum absolute atomic E-state index is 11.7. The summed E-state index contributed by atoms with van der Waals surface area (Å²) in [5.41, 5.74) is 0.710. The van der Waals surface area contributed by atoms with E-state index in [1.54, 1.807) is 0 Å². The van der Waals surface area contributed by atoms with Gasteiger partial charge in [0.05, 0.1) is 30.2 Å². The molecule has 0 heterocycles. The van der Waals surface area contributed by atoms with Crippen LogP contribution in [0.2, 0.25) is 0 Å². The number of hydrogen-bond donors (Lipinski definition) is 1. The molecule has 18 heavy (non-hydrogen) atoms. The summed E-state index contributed by atoms with van der Waals surface area (Å²) in [4.78, 5) is 0. The molecule has 1 aromatic rings. The number of alkyl halides is 1. The predicted molar refractivity (Wildman–Crippen MR) is 70.5 cm³/mol. The molecule has 0 spiro atoms. The second-order valence-corrected chi connectivity index (χ2v) is 5.71. The maximum Gasteiger partial charge on any atom is 0.232 e. The highest BCUT2D eigenvalue weighted by molar-refractivity contribution is 7.92. The Balaban J connectivity index is 2.94. The number of benzene rings is 1. The number of rotatable bonds is 6. The molecule has 0 radical (unpaired) electrons. The van der Waals surface area contributed by atoms with Crippen molar-refractivity contribution < 1.29 is 13.2 Å². The molecule has 1 rings (SSSR count). The summed E-state index contributed by atoms with van der Waals surface area (Å²) < 4.78 is 30.8. The van der Waals surface area contributed by atoms with Crippen LogP contribution in [0.3, 0.4) is 0 Å². The van der Waals surface area contributed by atoms with Crippen LogP contribution in [-0.2, 0) is 10.0 Å². The molecule has 1 N–H and O–H groups in total. The highest BCUT2D eigenvalue weighted by Crippen LogP contribution is 2.26. The van der Waals surface area contributed by atoms with E-state index in [-0.39, 0.29) is 11.6 Å². The van der Waals surface area contributed by atoms with Gasteiger partial charge in [0.1, 0.15) is 5.75 Å². The zero-order chi connectivity index (χ0) is 13.6. The smallest absolute Gasteiger partial charge is 0.232 e. The van der Waals surface area contributed by atoms with Gasteiger partial charge in [-0.15, -0.1) is 11.6 Å². The lowest BCUT2D eigenvalue weighted by Gasteiger charge is -2.11. The first-order chi connectivity index (χ1) is 8.52. The van der Waals surface area contributed by atoms with Gasteiger partial charge in [0.2, 0.25) is 10.0 Å². The van der Waals surface area contributed by atoms with Crippen molar-refractivity contribution in [2.24, 2.45) is 0 Å². The van der Waals surface area contributed by atoms with Gasteiger partial charge in [0.15, 0.2) is 0 Å². The van der Waals surface area contributed by atoms with E-state index in [1.165, 1.54) is 25.3 Å². The quantitative estimate of drug-likeness (QED) is 0.811. The van der Waals surface area contributed by atoms with E-state index < -0.39 is 10.0 Å². The fourth-order valence-corrected chi connectivity index (χ4v) is 2.73. The second-order valence-electron chi connectivity index (χ2n) is 3.49. The Bertz CT molecular complexity index is 552. The van der Waals surface area contributed by atoms with Crippen LogP contribution in [0.1, 0.15) is 12.0 Å². The summed E-state index contributed by atoms with van der Waals surface area (Å²) in [5.74, 6) is 0.536. The van der Waals surface area contributed by atoms with Crippen LogP contribution in [-0.4, -0.2) is 27.2 Å². The minimum absolute atomic E-state index is 0.0559.